The first-order valence-corrected chi connectivity index (χ1v) is 10.3. The van der Waals surface area contributed by atoms with Gasteiger partial charge in [0.15, 0.2) is 0 Å². The molecule has 0 aliphatic carbocycles. The molecule has 0 atom stereocenters. The number of ether oxygens (including phenoxy) is 1. The summed E-state index contributed by atoms with van der Waals surface area (Å²) < 4.78 is 32.0. The fourth-order valence-electron chi connectivity index (χ4n) is 2.61. The number of rotatable bonds is 4. The molecule has 1 aromatic carbocycles. The van der Waals surface area contributed by atoms with Crippen LogP contribution in [0, 0.1) is 13.8 Å². The lowest BCUT2D eigenvalue weighted by Crippen LogP contribution is -2.40. The fourth-order valence-corrected chi connectivity index (χ4v) is 4.93. The molecule has 1 N–H and O–H groups in total. The molecule has 1 aliphatic rings. The highest BCUT2D eigenvalue weighted by Crippen LogP contribution is 2.24. The number of amides is 1. The van der Waals surface area contributed by atoms with E-state index < -0.39 is 10.0 Å². The number of hydrogen-bond donors (Lipinski definition) is 1. The monoisotopic (exact) mass is 380 g/mol. The van der Waals surface area contributed by atoms with E-state index in [0.717, 1.165) is 10.4 Å². The molecule has 6 nitrogen and oxygen atoms in total. The van der Waals surface area contributed by atoms with E-state index >= 15 is 0 Å². The van der Waals surface area contributed by atoms with E-state index in [1.54, 1.807) is 18.2 Å². The molecular formula is C17H20N2O4S2. The van der Waals surface area contributed by atoms with Crippen molar-refractivity contribution in [1.82, 2.24) is 4.31 Å². The van der Waals surface area contributed by atoms with Crippen LogP contribution in [0.2, 0.25) is 0 Å². The number of carbonyl (C=O) groups excluding carboxylic acids is 1. The molecule has 134 valence electrons. The van der Waals surface area contributed by atoms with E-state index in [1.165, 1.54) is 21.7 Å². The largest absolute Gasteiger partial charge is 0.379 e. The highest BCUT2D eigenvalue weighted by molar-refractivity contribution is 7.89. The van der Waals surface area contributed by atoms with Gasteiger partial charge < -0.3 is 10.1 Å². The summed E-state index contributed by atoms with van der Waals surface area (Å²) in [5, 5.41) is 4.60. The van der Waals surface area contributed by atoms with Gasteiger partial charge >= 0.3 is 0 Å². The molecule has 0 unspecified atom stereocenters. The zero-order valence-corrected chi connectivity index (χ0v) is 15.7. The minimum atomic E-state index is -3.58. The summed E-state index contributed by atoms with van der Waals surface area (Å²) in [6.45, 7) is 5.34. The van der Waals surface area contributed by atoms with Gasteiger partial charge in [0, 0.05) is 29.0 Å². The van der Waals surface area contributed by atoms with Crippen LogP contribution in [0.15, 0.2) is 34.5 Å². The van der Waals surface area contributed by atoms with Crippen molar-refractivity contribution < 1.29 is 17.9 Å². The number of anilines is 1. The van der Waals surface area contributed by atoms with Crippen LogP contribution in [0.5, 0.6) is 0 Å². The average molecular weight is 380 g/mol. The minimum absolute atomic E-state index is 0.172. The summed E-state index contributed by atoms with van der Waals surface area (Å²) in [6.07, 6.45) is 0. The van der Waals surface area contributed by atoms with Crippen LogP contribution in [0.3, 0.4) is 0 Å². The lowest BCUT2D eigenvalue weighted by atomic mass is 10.1. The summed E-state index contributed by atoms with van der Waals surface area (Å²) in [5.41, 5.74) is 2.02. The lowest BCUT2D eigenvalue weighted by molar-refractivity contribution is 0.0730. The van der Waals surface area contributed by atoms with Crippen molar-refractivity contribution in [2.24, 2.45) is 0 Å². The molecule has 1 saturated heterocycles. The van der Waals surface area contributed by atoms with Crippen LogP contribution in [-0.2, 0) is 14.8 Å². The first-order chi connectivity index (χ1) is 11.9. The topological polar surface area (TPSA) is 75.7 Å². The Morgan fingerprint density at radius 2 is 1.96 bits per heavy atom. The molecular weight excluding hydrogens is 360 g/mol. The van der Waals surface area contributed by atoms with Gasteiger partial charge in [-0.05, 0) is 37.6 Å². The van der Waals surface area contributed by atoms with Crippen molar-refractivity contribution in [2.45, 2.75) is 18.7 Å². The standard InChI is InChI=1S/C17H20N2O4S2/c1-12-13(2)24-11-16(12)17(20)18-14-4-3-5-15(10-14)25(21,22)19-6-8-23-9-7-19/h3-5,10-11H,6-9H2,1-2H3,(H,18,20). The second kappa shape index (κ2) is 7.25. The minimum Gasteiger partial charge on any atom is -0.379 e. The van der Waals surface area contributed by atoms with Gasteiger partial charge in [-0.15, -0.1) is 11.3 Å². The van der Waals surface area contributed by atoms with Crippen LogP contribution >= 0.6 is 11.3 Å². The molecule has 1 amide bonds. The summed E-state index contributed by atoms with van der Waals surface area (Å²) in [4.78, 5) is 13.7. The second-order valence-electron chi connectivity index (χ2n) is 5.83. The molecule has 1 fully saturated rings. The number of carbonyl (C=O) groups is 1. The average Bonchev–Trinajstić information content (AvgIpc) is 2.95. The van der Waals surface area contributed by atoms with Gasteiger partial charge in [0.25, 0.3) is 5.91 Å². The molecule has 0 saturated carbocycles. The number of nitrogens with zero attached hydrogens (tertiary/aromatic N) is 1. The Morgan fingerprint density at radius 1 is 1.24 bits per heavy atom. The molecule has 0 radical (unpaired) electrons. The van der Waals surface area contributed by atoms with Crippen molar-refractivity contribution >= 4 is 33.0 Å². The van der Waals surface area contributed by atoms with E-state index in [4.69, 9.17) is 4.74 Å². The molecule has 1 aliphatic heterocycles. The molecule has 2 aromatic rings. The van der Waals surface area contributed by atoms with E-state index in [9.17, 15) is 13.2 Å². The number of sulfonamides is 1. The highest BCUT2D eigenvalue weighted by Gasteiger charge is 2.26. The van der Waals surface area contributed by atoms with Gasteiger partial charge in [-0.25, -0.2) is 8.42 Å². The molecule has 2 heterocycles. The predicted octanol–water partition coefficient (Wildman–Crippen LogP) is 2.64. The number of thiophene rings is 1. The Bertz CT molecular complexity index is 884. The summed E-state index contributed by atoms with van der Waals surface area (Å²) >= 11 is 1.52. The van der Waals surface area contributed by atoms with Crippen LogP contribution < -0.4 is 5.32 Å². The maximum absolute atomic E-state index is 12.7. The van der Waals surface area contributed by atoms with Gasteiger partial charge in [-0.1, -0.05) is 6.07 Å². The number of hydrogen-bond acceptors (Lipinski definition) is 5. The summed E-state index contributed by atoms with van der Waals surface area (Å²) in [6, 6.07) is 6.36. The number of nitrogens with one attached hydrogen (secondary N) is 1. The van der Waals surface area contributed by atoms with Crippen molar-refractivity contribution in [1.29, 1.82) is 0 Å². The Kier molecular flexibility index (Phi) is 5.24. The quantitative estimate of drug-likeness (QED) is 0.885. The van der Waals surface area contributed by atoms with Crippen LogP contribution in [0.25, 0.3) is 0 Å². The first kappa shape index (κ1) is 18.1. The molecule has 25 heavy (non-hydrogen) atoms. The summed E-state index contributed by atoms with van der Waals surface area (Å²) in [7, 11) is -3.58. The van der Waals surface area contributed by atoms with E-state index in [0.29, 0.717) is 37.6 Å². The molecule has 8 heteroatoms. The molecule has 1 aromatic heterocycles. The number of morpholine rings is 1. The van der Waals surface area contributed by atoms with Gasteiger partial charge in [0.2, 0.25) is 10.0 Å². The lowest BCUT2D eigenvalue weighted by Gasteiger charge is -2.26. The highest BCUT2D eigenvalue weighted by atomic mass is 32.2. The van der Waals surface area contributed by atoms with Crippen LogP contribution in [0.1, 0.15) is 20.8 Å². The third-order valence-corrected chi connectivity index (χ3v) is 7.14. The molecule has 3 rings (SSSR count). The van der Waals surface area contributed by atoms with Crippen LogP contribution in [-0.4, -0.2) is 44.9 Å². The maximum Gasteiger partial charge on any atom is 0.256 e. The smallest absolute Gasteiger partial charge is 0.256 e. The maximum atomic E-state index is 12.7. The first-order valence-electron chi connectivity index (χ1n) is 7.93. The number of aryl methyl sites for hydroxylation is 1. The molecule has 0 spiro atoms. The van der Waals surface area contributed by atoms with Gasteiger partial charge in [0.05, 0.1) is 23.7 Å². The van der Waals surface area contributed by atoms with Crippen molar-refractivity contribution in [3.8, 4) is 0 Å². The zero-order chi connectivity index (χ0) is 18.0. The van der Waals surface area contributed by atoms with Crippen molar-refractivity contribution in [3.63, 3.8) is 0 Å². The van der Waals surface area contributed by atoms with Gasteiger partial charge in [0.1, 0.15) is 0 Å². The predicted molar refractivity (Wildman–Crippen MR) is 97.8 cm³/mol. The third-order valence-electron chi connectivity index (χ3n) is 4.23. The number of benzene rings is 1. The Hall–Kier alpha value is -1.74. The normalized spacial score (nSPS) is 15.9. The van der Waals surface area contributed by atoms with E-state index in [2.05, 4.69) is 5.32 Å². The summed E-state index contributed by atoms with van der Waals surface area (Å²) in [5.74, 6) is -0.234. The van der Waals surface area contributed by atoms with E-state index in [-0.39, 0.29) is 10.8 Å². The third kappa shape index (κ3) is 3.77. The van der Waals surface area contributed by atoms with Crippen LogP contribution in [0.4, 0.5) is 5.69 Å². The SMILES string of the molecule is Cc1scc(C(=O)Nc2cccc(S(=O)(=O)N3CCOCC3)c2)c1C. The van der Waals surface area contributed by atoms with Crippen molar-refractivity contribution in [3.05, 3.63) is 45.6 Å². The Morgan fingerprint density at radius 3 is 2.60 bits per heavy atom. The van der Waals surface area contributed by atoms with Crippen molar-refractivity contribution in [2.75, 3.05) is 31.6 Å². The Labute approximate surface area is 151 Å². The van der Waals surface area contributed by atoms with Gasteiger partial charge in [-0.2, -0.15) is 4.31 Å². The fraction of sp³-hybridized carbons (Fsp3) is 0.353. The second-order valence-corrected chi connectivity index (χ2v) is 8.85. The zero-order valence-electron chi connectivity index (χ0n) is 14.1. The van der Waals surface area contributed by atoms with E-state index in [1.807, 2.05) is 19.2 Å². The Balaban J connectivity index is 1.82. The molecule has 0 bridgehead atoms. The van der Waals surface area contributed by atoms with Gasteiger partial charge in [-0.3, -0.25) is 4.79 Å².